The van der Waals surface area contributed by atoms with Gasteiger partial charge in [-0.1, -0.05) is 24.3 Å². The van der Waals surface area contributed by atoms with Gasteiger partial charge in [0.1, 0.15) is 0 Å². The van der Waals surface area contributed by atoms with Crippen LogP contribution in [0.3, 0.4) is 0 Å². The highest BCUT2D eigenvalue weighted by atomic mass is 16.5. The van der Waals surface area contributed by atoms with Gasteiger partial charge in [-0.25, -0.2) is 0 Å². The van der Waals surface area contributed by atoms with Gasteiger partial charge in [-0.05, 0) is 29.8 Å². The second-order valence-corrected chi connectivity index (χ2v) is 4.72. The summed E-state index contributed by atoms with van der Waals surface area (Å²) in [7, 11) is 4.98. The molecule has 2 aromatic rings. The lowest BCUT2D eigenvalue weighted by Gasteiger charge is -2.18. The fourth-order valence-electron chi connectivity index (χ4n) is 2.13. The molecule has 0 heterocycles. The Balaban J connectivity index is 2.12. The van der Waals surface area contributed by atoms with Crippen molar-refractivity contribution in [3.8, 4) is 11.5 Å². The Morgan fingerprint density at radius 3 is 2.29 bits per heavy atom. The second kappa shape index (κ2) is 6.79. The van der Waals surface area contributed by atoms with Crippen LogP contribution in [0.5, 0.6) is 11.5 Å². The van der Waals surface area contributed by atoms with E-state index >= 15 is 0 Å². The van der Waals surface area contributed by atoms with Crippen molar-refractivity contribution in [2.24, 2.45) is 0 Å². The first-order chi connectivity index (χ1) is 10.2. The Bertz CT molecular complexity index is 611. The van der Waals surface area contributed by atoms with Crippen molar-refractivity contribution < 1.29 is 14.3 Å². The van der Waals surface area contributed by atoms with Crippen molar-refractivity contribution in [2.75, 3.05) is 21.3 Å². The predicted molar refractivity (Wildman–Crippen MR) is 81.8 cm³/mol. The number of hydrogen-bond donors (Lipinski definition) is 0. The predicted octanol–water partition coefficient (Wildman–Crippen LogP) is 2.98. The molecule has 4 heteroatoms. The first-order valence-corrected chi connectivity index (χ1v) is 6.67. The van der Waals surface area contributed by atoms with Crippen LogP contribution >= 0.6 is 0 Å². The molecule has 4 nitrogen and oxygen atoms in total. The average Bonchev–Trinajstić information content (AvgIpc) is 2.54. The van der Waals surface area contributed by atoms with Crippen molar-refractivity contribution in [3.05, 3.63) is 59.7 Å². The molecule has 0 unspecified atom stereocenters. The van der Waals surface area contributed by atoms with Gasteiger partial charge in [-0.15, -0.1) is 0 Å². The normalized spacial score (nSPS) is 10.0. The standard InChI is InChI=1S/C17H19NO3/c1-18(17(19)14-7-5-4-6-8-14)12-13-9-10-15(20-2)16(11-13)21-3/h4-11H,12H2,1-3H3. The summed E-state index contributed by atoms with van der Waals surface area (Å²) in [5.74, 6) is 1.33. The molecule has 0 spiro atoms. The number of nitrogens with zero attached hydrogens (tertiary/aromatic N) is 1. The van der Waals surface area contributed by atoms with E-state index < -0.39 is 0 Å². The summed E-state index contributed by atoms with van der Waals surface area (Å²) in [5, 5.41) is 0. The highest BCUT2D eigenvalue weighted by Gasteiger charge is 2.12. The van der Waals surface area contributed by atoms with Gasteiger partial charge < -0.3 is 14.4 Å². The molecule has 2 rings (SSSR count). The number of methoxy groups -OCH3 is 2. The van der Waals surface area contributed by atoms with Crippen LogP contribution < -0.4 is 9.47 Å². The third-order valence-electron chi connectivity index (χ3n) is 3.24. The molecule has 0 fully saturated rings. The maximum Gasteiger partial charge on any atom is 0.253 e. The lowest BCUT2D eigenvalue weighted by Crippen LogP contribution is -2.26. The van der Waals surface area contributed by atoms with Gasteiger partial charge in [0.25, 0.3) is 5.91 Å². The van der Waals surface area contributed by atoms with E-state index in [4.69, 9.17) is 9.47 Å². The smallest absolute Gasteiger partial charge is 0.253 e. The number of carbonyl (C=O) groups excluding carboxylic acids is 1. The lowest BCUT2D eigenvalue weighted by molar-refractivity contribution is 0.0785. The topological polar surface area (TPSA) is 38.8 Å². The Morgan fingerprint density at radius 1 is 1.00 bits per heavy atom. The van der Waals surface area contributed by atoms with Crippen molar-refractivity contribution in [2.45, 2.75) is 6.54 Å². The largest absolute Gasteiger partial charge is 0.493 e. The zero-order valence-corrected chi connectivity index (χ0v) is 12.5. The molecule has 0 aliphatic rings. The monoisotopic (exact) mass is 285 g/mol. The van der Waals surface area contributed by atoms with E-state index in [2.05, 4.69) is 0 Å². The summed E-state index contributed by atoms with van der Waals surface area (Å²) in [6.45, 7) is 0.508. The highest BCUT2D eigenvalue weighted by Crippen LogP contribution is 2.28. The van der Waals surface area contributed by atoms with Crippen molar-refractivity contribution >= 4 is 5.91 Å². The minimum atomic E-state index is -0.00890. The van der Waals surface area contributed by atoms with E-state index in [1.165, 1.54) is 0 Å². The molecule has 0 aliphatic heterocycles. The Morgan fingerprint density at radius 2 is 1.67 bits per heavy atom. The molecule has 0 saturated carbocycles. The lowest BCUT2D eigenvalue weighted by atomic mass is 10.1. The molecule has 0 aliphatic carbocycles. The molecule has 1 amide bonds. The number of carbonyl (C=O) groups is 1. The van der Waals surface area contributed by atoms with Crippen LogP contribution in [0.1, 0.15) is 15.9 Å². The van der Waals surface area contributed by atoms with Crippen LogP contribution in [0.25, 0.3) is 0 Å². The molecule has 0 radical (unpaired) electrons. The Kier molecular flexibility index (Phi) is 4.82. The fourth-order valence-corrected chi connectivity index (χ4v) is 2.13. The molecule has 0 atom stereocenters. The fraction of sp³-hybridized carbons (Fsp3) is 0.235. The SMILES string of the molecule is COc1ccc(CN(C)C(=O)c2ccccc2)cc1OC. The summed E-state index contributed by atoms with van der Waals surface area (Å²) in [5.41, 5.74) is 1.67. The van der Waals surface area contributed by atoms with Gasteiger partial charge in [0, 0.05) is 19.2 Å². The van der Waals surface area contributed by atoms with Crippen LogP contribution in [0.15, 0.2) is 48.5 Å². The van der Waals surface area contributed by atoms with E-state index in [1.54, 1.807) is 26.2 Å². The number of hydrogen-bond acceptors (Lipinski definition) is 3. The summed E-state index contributed by atoms with van der Waals surface area (Å²) in [6.07, 6.45) is 0. The van der Waals surface area contributed by atoms with Gasteiger partial charge in [0.2, 0.25) is 0 Å². The third kappa shape index (κ3) is 3.54. The van der Waals surface area contributed by atoms with Crippen LogP contribution in [0, 0.1) is 0 Å². The zero-order chi connectivity index (χ0) is 15.2. The van der Waals surface area contributed by atoms with Crippen molar-refractivity contribution in [3.63, 3.8) is 0 Å². The maximum absolute atomic E-state index is 12.3. The van der Waals surface area contributed by atoms with Crippen LogP contribution in [-0.2, 0) is 6.54 Å². The summed E-state index contributed by atoms with van der Waals surface area (Å²) < 4.78 is 10.5. The molecule has 21 heavy (non-hydrogen) atoms. The quantitative estimate of drug-likeness (QED) is 0.847. The first-order valence-electron chi connectivity index (χ1n) is 6.67. The van der Waals surface area contributed by atoms with Gasteiger partial charge in [-0.3, -0.25) is 4.79 Å². The molecule has 0 N–H and O–H groups in total. The Labute approximate surface area is 124 Å². The Hall–Kier alpha value is -2.49. The van der Waals surface area contributed by atoms with Gasteiger partial charge in [0.05, 0.1) is 14.2 Å². The van der Waals surface area contributed by atoms with Gasteiger partial charge in [0.15, 0.2) is 11.5 Å². The summed E-state index contributed by atoms with van der Waals surface area (Å²) in [6, 6.07) is 14.9. The second-order valence-electron chi connectivity index (χ2n) is 4.72. The van der Waals surface area contributed by atoms with E-state index in [-0.39, 0.29) is 5.91 Å². The van der Waals surface area contributed by atoms with Gasteiger partial charge >= 0.3 is 0 Å². The number of benzene rings is 2. The highest BCUT2D eigenvalue weighted by molar-refractivity contribution is 5.93. The van der Waals surface area contributed by atoms with Crippen molar-refractivity contribution in [1.29, 1.82) is 0 Å². The van der Waals surface area contributed by atoms with E-state index in [0.29, 0.717) is 23.6 Å². The molecule has 0 bridgehead atoms. The molecular formula is C17H19NO3. The van der Waals surface area contributed by atoms with Crippen molar-refractivity contribution in [1.82, 2.24) is 4.90 Å². The molecular weight excluding hydrogens is 266 g/mol. The van der Waals surface area contributed by atoms with E-state index in [9.17, 15) is 4.79 Å². The molecule has 0 aromatic heterocycles. The minimum absolute atomic E-state index is 0.00890. The molecule has 0 saturated heterocycles. The molecule has 110 valence electrons. The first kappa shape index (κ1) is 14.9. The molecule has 2 aromatic carbocycles. The zero-order valence-electron chi connectivity index (χ0n) is 12.5. The van der Waals surface area contributed by atoms with E-state index in [1.807, 2.05) is 48.5 Å². The number of rotatable bonds is 5. The average molecular weight is 285 g/mol. The van der Waals surface area contributed by atoms with Gasteiger partial charge in [-0.2, -0.15) is 0 Å². The number of ether oxygens (including phenoxy) is 2. The van der Waals surface area contributed by atoms with Crippen LogP contribution in [-0.4, -0.2) is 32.1 Å². The van der Waals surface area contributed by atoms with E-state index in [0.717, 1.165) is 5.56 Å². The summed E-state index contributed by atoms with van der Waals surface area (Å²) in [4.78, 5) is 14.0. The third-order valence-corrected chi connectivity index (χ3v) is 3.24. The van der Waals surface area contributed by atoms with Crippen LogP contribution in [0.2, 0.25) is 0 Å². The van der Waals surface area contributed by atoms with Crippen LogP contribution in [0.4, 0.5) is 0 Å². The minimum Gasteiger partial charge on any atom is -0.493 e. The summed E-state index contributed by atoms with van der Waals surface area (Å²) >= 11 is 0. The number of amides is 1. The maximum atomic E-state index is 12.3.